The minimum Gasteiger partial charge on any atom is -0.397 e. The molecule has 0 aliphatic rings. The maximum Gasteiger partial charge on any atom is 0.276 e. The average Bonchev–Trinajstić information content (AvgIpc) is 2.90. The van der Waals surface area contributed by atoms with E-state index in [2.05, 4.69) is 15.1 Å². The van der Waals surface area contributed by atoms with Gasteiger partial charge in [0.2, 0.25) is 5.82 Å². The van der Waals surface area contributed by atoms with Crippen molar-refractivity contribution >= 4 is 5.69 Å². The zero-order valence-corrected chi connectivity index (χ0v) is 11.4. The van der Waals surface area contributed by atoms with E-state index < -0.39 is 5.60 Å². The first kappa shape index (κ1) is 13.5. The summed E-state index contributed by atoms with van der Waals surface area (Å²) in [6.45, 7) is 6.50. The van der Waals surface area contributed by atoms with Crippen LogP contribution in [-0.4, -0.2) is 21.7 Å². The number of hydrogen-bond donors (Lipinski definition) is 1. The molecule has 2 aromatic rings. The van der Waals surface area contributed by atoms with Gasteiger partial charge in [-0.3, -0.25) is 0 Å². The summed E-state index contributed by atoms with van der Waals surface area (Å²) in [4.78, 5) is 8.52. The van der Waals surface area contributed by atoms with Gasteiger partial charge in [0.1, 0.15) is 11.3 Å². The van der Waals surface area contributed by atoms with Crippen LogP contribution in [0.25, 0.3) is 11.6 Å². The second kappa shape index (κ2) is 5.36. The van der Waals surface area contributed by atoms with E-state index in [1.807, 2.05) is 20.8 Å². The van der Waals surface area contributed by atoms with Gasteiger partial charge in [-0.05, 0) is 32.4 Å². The molecule has 2 rings (SSSR count). The first-order valence-corrected chi connectivity index (χ1v) is 6.29. The van der Waals surface area contributed by atoms with E-state index in [1.54, 1.807) is 18.3 Å². The van der Waals surface area contributed by atoms with Crippen molar-refractivity contribution in [1.82, 2.24) is 15.1 Å². The minimum absolute atomic E-state index is 0.370. The van der Waals surface area contributed by atoms with Gasteiger partial charge in [-0.2, -0.15) is 4.98 Å². The van der Waals surface area contributed by atoms with Crippen LogP contribution in [-0.2, 0) is 10.3 Å². The third kappa shape index (κ3) is 2.73. The van der Waals surface area contributed by atoms with Gasteiger partial charge in [-0.15, -0.1) is 0 Å². The Kier molecular flexibility index (Phi) is 3.80. The van der Waals surface area contributed by atoms with Crippen molar-refractivity contribution in [2.45, 2.75) is 32.8 Å². The first-order chi connectivity index (χ1) is 9.09. The number of nitrogen functional groups attached to an aromatic ring is 1. The van der Waals surface area contributed by atoms with Gasteiger partial charge in [0.05, 0.1) is 11.9 Å². The highest BCUT2D eigenvalue weighted by atomic mass is 16.5. The number of hydrogen-bond acceptors (Lipinski definition) is 6. The SMILES string of the molecule is CCOC(C)(CC)c1noc(-c2ccc(N)cn2)n1. The summed E-state index contributed by atoms with van der Waals surface area (Å²) in [7, 11) is 0. The van der Waals surface area contributed by atoms with E-state index in [1.165, 1.54) is 0 Å². The fourth-order valence-electron chi connectivity index (χ4n) is 1.72. The number of rotatable bonds is 5. The number of nitrogens with zero attached hydrogens (tertiary/aromatic N) is 3. The zero-order valence-electron chi connectivity index (χ0n) is 11.4. The number of ether oxygens (including phenoxy) is 1. The Bertz CT molecular complexity index is 538. The number of anilines is 1. The molecule has 0 spiro atoms. The highest BCUT2D eigenvalue weighted by Crippen LogP contribution is 2.28. The van der Waals surface area contributed by atoms with Crippen molar-refractivity contribution < 1.29 is 9.26 Å². The molecule has 2 aromatic heterocycles. The van der Waals surface area contributed by atoms with Crippen LogP contribution < -0.4 is 5.73 Å². The van der Waals surface area contributed by atoms with Crippen LogP contribution in [0.4, 0.5) is 5.69 Å². The standard InChI is InChI=1S/C13H18N4O2/c1-4-13(3,18-5-2)12-16-11(19-17-12)10-7-6-9(14)8-15-10/h6-8H,4-5,14H2,1-3H3. The van der Waals surface area contributed by atoms with Crippen molar-refractivity contribution in [2.75, 3.05) is 12.3 Å². The fourth-order valence-corrected chi connectivity index (χ4v) is 1.72. The molecule has 0 fully saturated rings. The van der Waals surface area contributed by atoms with Crippen LogP contribution in [0.1, 0.15) is 33.0 Å². The topological polar surface area (TPSA) is 87.1 Å². The molecule has 6 nitrogen and oxygen atoms in total. The third-order valence-corrected chi connectivity index (χ3v) is 3.04. The summed E-state index contributed by atoms with van der Waals surface area (Å²) >= 11 is 0. The molecule has 6 heteroatoms. The zero-order chi connectivity index (χ0) is 13.9. The van der Waals surface area contributed by atoms with Gasteiger partial charge in [-0.1, -0.05) is 12.1 Å². The molecule has 0 aliphatic heterocycles. The Hall–Kier alpha value is -1.95. The van der Waals surface area contributed by atoms with Crippen molar-refractivity contribution in [2.24, 2.45) is 0 Å². The summed E-state index contributed by atoms with van der Waals surface area (Å²) in [5.41, 5.74) is 6.25. The molecule has 1 unspecified atom stereocenters. The quantitative estimate of drug-likeness (QED) is 0.890. The highest BCUT2D eigenvalue weighted by molar-refractivity contribution is 5.50. The summed E-state index contributed by atoms with van der Waals surface area (Å²) < 4.78 is 10.9. The molecule has 0 radical (unpaired) electrons. The Morgan fingerprint density at radius 2 is 2.16 bits per heavy atom. The second-order valence-corrected chi connectivity index (χ2v) is 4.42. The summed E-state index contributed by atoms with van der Waals surface area (Å²) in [6, 6.07) is 3.49. The van der Waals surface area contributed by atoms with E-state index in [0.29, 0.717) is 29.7 Å². The molecule has 0 saturated heterocycles. The molecule has 0 amide bonds. The molecule has 0 saturated carbocycles. The van der Waals surface area contributed by atoms with Crippen LogP contribution in [0.2, 0.25) is 0 Å². The van der Waals surface area contributed by atoms with Crippen molar-refractivity contribution in [3.63, 3.8) is 0 Å². The summed E-state index contributed by atoms with van der Waals surface area (Å²) in [6.07, 6.45) is 2.32. The normalized spacial score (nSPS) is 14.3. The molecular weight excluding hydrogens is 244 g/mol. The molecule has 2 N–H and O–H groups in total. The van der Waals surface area contributed by atoms with Gasteiger partial charge in [0.15, 0.2) is 0 Å². The average molecular weight is 262 g/mol. The van der Waals surface area contributed by atoms with E-state index in [4.69, 9.17) is 15.0 Å². The fraction of sp³-hybridized carbons (Fsp3) is 0.462. The number of pyridine rings is 1. The molecule has 2 heterocycles. The minimum atomic E-state index is -0.537. The van der Waals surface area contributed by atoms with E-state index in [9.17, 15) is 0 Å². The number of aromatic nitrogens is 3. The Balaban J connectivity index is 2.30. The predicted molar refractivity (Wildman–Crippen MR) is 71.2 cm³/mol. The Labute approximate surface area is 112 Å². The molecule has 0 bridgehead atoms. The van der Waals surface area contributed by atoms with E-state index >= 15 is 0 Å². The van der Waals surface area contributed by atoms with Crippen molar-refractivity contribution in [3.05, 3.63) is 24.2 Å². The van der Waals surface area contributed by atoms with Crippen LogP contribution in [0.3, 0.4) is 0 Å². The lowest BCUT2D eigenvalue weighted by molar-refractivity contribution is -0.0403. The lowest BCUT2D eigenvalue weighted by atomic mass is 10.0. The van der Waals surface area contributed by atoms with Gasteiger partial charge in [-0.25, -0.2) is 4.98 Å². The van der Waals surface area contributed by atoms with Gasteiger partial charge in [0.25, 0.3) is 5.89 Å². The third-order valence-electron chi connectivity index (χ3n) is 3.04. The van der Waals surface area contributed by atoms with Crippen molar-refractivity contribution in [1.29, 1.82) is 0 Å². The Morgan fingerprint density at radius 3 is 2.74 bits per heavy atom. The summed E-state index contributed by atoms with van der Waals surface area (Å²) in [5.74, 6) is 0.903. The van der Waals surface area contributed by atoms with Gasteiger partial charge >= 0.3 is 0 Å². The maximum absolute atomic E-state index is 5.71. The lowest BCUT2D eigenvalue weighted by Crippen LogP contribution is -2.26. The largest absolute Gasteiger partial charge is 0.397 e. The molecule has 1 atom stereocenters. The molecule has 0 aliphatic carbocycles. The molecular formula is C13H18N4O2. The second-order valence-electron chi connectivity index (χ2n) is 4.42. The summed E-state index contributed by atoms with van der Waals surface area (Å²) in [5, 5.41) is 3.99. The van der Waals surface area contributed by atoms with Gasteiger partial charge in [0, 0.05) is 6.61 Å². The van der Waals surface area contributed by atoms with Crippen LogP contribution in [0.5, 0.6) is 0 Å². The molecule has 102 valence electrons. The lowest BCUT2D eigenvalue weighted by Gasteiger charge is -2.23. The predicted octanol–water partition coefficient (Wildman–Crippen LogP) is 2.38. The highest BCUT2D eigenvalue weighted by Gasteiger charge is 2.31. The Morgan fingerprint density at radius 1 is 1.37 bits per heavy atom. The van der Waals surface area contributed by atoms with Crippen LogP contribution >= 0.6 is 0 Å². The first-order valence-electron chi connectivity index (χ1n) is 6.29. The smallest absolute Gasteiger partial charge is 0.276 e. The number of nitrogens with two attached hydrogens (primary N) is 1. The van der Waals surface area contributed by atoms with E-state index in [0.717, 1.165) is 6.42 Å². The van der Waals surface area contributed by atoms with Gasteiger partial charge < -0.3 is 15.0 Å². The monoisotopic (exact) mass is 262 g/mol. The molecule has 19 heavy (non-hydrogen) atoms. The van der Waals surface area contributed by atoms with Crippen LogP contribution in [0.15, 0.2) is 22.9 Å². The molecule has 0 aromatic carbocycles. The van der Waals surface area contributed by atoms with E-state index in [-0.39, 0.29) is 0 Å². The van der Waals surface area contributed by atoms with Crippen molar-refractivity contribution in [3.8, 4) is 11.6 Å². The van der Waals surface area contributed by atoms with Crippen LogP contribution in [0, 0.1) is 0 Å². The maximum atomic E-state index is 5.71.